The fourth-order valence-corrected chi connectivity index (χ4v) is 1.99. The quantitative estimate of drug-likeness (QED) is 0.838. The predicted octanol–water partition coefficient (Wildman–Crippen LogP) is 1.49. The summed E-state index contributed by atoms with van der Waals surface area (Å²) in [5.74, 6) is -0.601. The van der Waals surface area contributed by atoms with Gasteiger partial charge >= 0.3 is 0 Å². The number of carbonyl (C=O) groups is 1. The normalized spacial score (nSPS) is 10.2. The number of aromatic amines is 1. The summed E-state index contributed by atoms with van der Waals surface area (Å²) in [5, 5.41) is 0. The van der Waals surface area contributed by atoms with Crippen molar-refractivity contribution in [3.63, 3.8) is 0 Å². The second-order valence-electron chi connectivity index (χ2n) is 3.58. The monoisotopic (exact) mass is 323 g/mol. The van der Waals surface area contributed by atoms with Crippen LogP contribution in [0.5, 0.6) is 0 Å². The molecule has 0 fully saturated rings. The highest BCUT2D eigenvalue weighted by Gasteiger charge is 2.12. The average Bonchev–Trinajstić information content (AvgIpc) is 2.39. The minimum atomic E-state index is -0.601. The Balaban J connectivity index is 2.43. The fraction of sp³-hybridized carbons (Fsp3) is 0.0833. The smallest absolute Gasteiger partial charge is 0.280 e. The van der Waals surface area contributed by atoms with Gasteiger partial charge in [-0.3, -0.25) is 19.4 Å². The number of H-pyrrole nitrogens is 1. The van der Waals surface area contributed by atoms with Gasteiger partial charge in [-0.05, 0) is 40.2 Å². The van der Waals surface area contributed by atoms with Gasteiger partial charge < -0.3 is 4.98 Å². The van der Waals surface area contributed by atoms with Crippen molar-refractivity contribution in [2.24, 2.45) is 0 Å². The maximum Gasteiger partial charge on any atom is 0.280 e. The molecule has 0 saturated heterocycles. The van der Waals surface area contributed by atoms with Crippen molar-refractivity contribution >= 4 is 21.8 Å². The standard InChI is InChI=1S/C12H10BrN3O3/c1-19-16-12(18)7-4-5-9(15-11(7)17)10-8(13)3-2-6-14-10/h2-6H,1H3,(H,15,17)(H,16,18). The number of carbonyl (C=O) groups excluding carboxylic acids is 1. The highest BCUT2D eigenvalue weighted by Crippen LogP contribution is 2.22. The summed E-state index contributed by atoms with van der Waals surface area (Å²) < 4.78 is 0.750. The second-order valence-corrected chi connectivity index (χ2v) is 4.44. The topological polar surface area (TPSA) is 84.1 Å². The largest absolute Gasteiger partial charge is 0.320 e. The van der Waals surface area contributed by atoms with Gasteiger partial charge in [0.15, 0.2) is 0 Å². The summed E-state index contributed by atoms with van der Waals surface area (Å²) >= 11 is 3.35. The lowest BCUT2D eigenvalue weighted by atomic mass is 10.2. The second kappa shape index (κ2) is 5.77. The predicted molar refractivity (Wildman–Crippen MR) is 72.5 cm³/mol. The lowest BCUT2D eigenvalue weighted by molar-refractivity contribution is 0.0536. The molecule has 0 bridgehead atoms. The van der Waals surface area contributed by atoms with Crippen molar-refractivity contribution in [1.29, 1.82) is 0 Å². The average molecular weight is 324 g/mol. The van der Waals surface area contributed by atoms with Gasteiger partial charge in [-0.15, -0.1) is 0 Å². The third-order valence-corrected chi connectivity index (χ3v) is 3.00. The summed E-state index contributed by atoms with van der Waals surface area (Å²) in [5.41, 5.74) is 2.67. The van der Waals surface area contributed by atoms with Gasteiger partial charge in [0.05, 0.1) is 12.8 Å². The van der Waals surface area contributed by atoms with E-state index in [4.69, 9.17) is 0 Å². The molecule has 0 saturated carbocycles. The Morgan fingerprint density at radius 3 is 2.84 bits per heavy atom. The molecule has 0 radical (unpaired) electrons. The maximum atomic E-state index is 11.8. The van der Waals surface area contributed by atoms with Crippen LogP contribution in [-0.2, 0) is 4.84 Å². The van der Waals surface area contributed by atoms with Gasteiger partial charge in [0.2, 0.25) is 0 Å². The zero-order chi connectivity index (χ0) is 13.8. The van der Waals surface area contributed by atoms with Gasteiger partial charge in [0.25, 0.3) is 11.5 Å². The molecule has 2 aromatic heterocycles. The Kier molecular flexibility index (Phi) is 4.08. The van der Waals surface area contributed by atoms with Crippen molar-refractivity contribution < 1.29 is 9.63 Å². The van der Waals surface area contributed by atoms with E-state index in [1.54, 1.807) is 18.3 Å². The van der Waals surface area contributed by atoms with E-state index in [9.17, 15) is 9.59 Å². The van der Waals surface area contributed by atoms with Crippen LogP contribution in [0, 0.1) is 0 Å². The molecule has 0 aliphatic rings. The molecular formula is C12H10BrN3O3. The molecule has 0 unspecified atom stereocenters. The van der Waals surface area contributed by atoms with Crippen LogP contribution in [0.2, 0.25) is 0 Å². The third-order valence-electron chi connectivity index (χ3n) is 2.36. The number of amides is 1. The zero-order valence-electron chi connectivity index (χ0n) is 9.94. The van der Waals surface area contributed by atoms with Crippen LogP contribution < -0.4 is 11.0 Å². The number of hydroxylamine groups is 1. The number of aromatic nitrogens is 2. The van der Waals surface area contributed by atoms with Crippen molar-refractivity contribution in [3.8, 4) is 11.4 Å². The molecule has 2 rings (SSSR count). The summed E-state index contributed by atoms with van der Waals surface area (Å²) in [6.45, 7) is 0. The number of pyridine rings is 2. The lowest BCUT2D eigenvalue weighted by Crippen LogP contribution is -2.28. The van der Waals surface area contributed by atoms with E-state index < -0.39 is 11.5 Å². The fourth-order valence-electron chi connectivity index (χ4n) is 1.52. The van der Waals surface area contributed by atoms with E-state index in [0.717, 1.165) is 4.47 Å². The van der Waals surface area contributed by atoms with E-state index in [1.165, 1.54) is 13.2 Å². The molecule has 0 aliphatic heterocycles. The molecule has 0 spiro atoms. The molecule has 98 valence electrons. The van der Waals surface area contributed by atoms with Crippen LogP contribution in [0.4, 0.5) is 0 Å². The van der Waals surface area contributed by atoms with E-state index >= 15 is 0 Å². The van der Waals surface area contributed by atoms with Gasteiger partial charge in [-0.25, -0.2) is 5.48 Å². The third kappa shape index (κ3) is 2.88. The van der Waals surface area contributed by atoms with E-state index in [0.29, 0.717) is 11.4 Å². The summed E-state index contributed by atoms with van der Waals surface area (Å²) in [7, 11) is 1.30. The molecule has 19 heavy (non-hydrogen) atoms. The van der Waals surface area contributed by atoms with Crippen LogP contribution in [0.25, 0.3) is 11.4 Å². The number of nitrogens with zero attached hydrogens (tertiary/aromatic N) is 1. The molecular weight excluding hydrogens is 314 g/mol. The highest BCUT2D eigenvalue weighted by molar-refractivity contribution is 9.10. The van der Waals surface area contributed by atoms with E-state index in [-0.39, 0.29) is 5.56 Å². The van der Waals surface area contributed by atoms with Crippen LogP contribution in [0.15, 0.2) is 39.7 Å². The maximum absolute atomic E-state index is 11.8. The Labute approximate surface area is 116 Å². The molecule has 0 atom stereocenters. The van der Waals surface area contributed by atoms with E-state index in [1.807, 2.05) is 6.07 Å². The zero-order valence-corrected chi connectivity index (χ0v) is 11.5. The molecule has 2 heterocycles. The molecule has 0 aliphatic carbocycles. The molecule has 6 nitrogen and oxygen atoms in total. The molecule has 1 amide bonds. The van der Waals surface area contributed by atoms with Crippen LogP contribution in [0.1, 0.15) is 10.4 Å². The van der Waals surface area contributed by atoms with Crippen molar-refractivity contribution in [3.05, 3.63) is 50.9 Å². The first kappa shape index (κ1) is 13.4. The number of rotatable bonds is 3. The first-order valence-corrected chi connectivity index (χ1v) is 6.10. The Morgan fingerprint density at radius 1 is 1.42 bits per heavy atom. The first-order valence-electron chi connectivity index (χ1n) is 5.31. The van der Waals surface area contributed by atoms with Crippen LogP contribution in [-0.4, -0.2) is 23.0 Å². The van der Waals surface area contributed by atoms with Gasteiger partial charge in [-0.2, -0.15) is 0 Å². The Hall–Kier alpha value is -1.99. The minimum Gasteiger partial charge on any atom is -0.320 e. The number of hydrogen-bond acceptors (Lipinski definition) is 4. The number of nitrogens with one attached hydrogen (secondary N) is 2. The van der Waals surface area contributed by atoms with Crippen LogP contribution >= 0.6 is 15.9 Å². The lowest BCUT2D eigenvalue weighted by Gasteiger charge is -2.05. The van der Waals surface area contributed by atoms with Crippen LogP contribution in [0.3, 0.4) is 0 Å². The first-order chi connectivity index (χ1) is 9.13. The Morgan fingerprint density at radius 2 is 2.21 bits per heavy atom. The van der Waals surface area contributed by atoms with Gasteiger partial charge in [0, 0.05) is 10.7 Å². The molecule has 2 aromatic rings. The van der Waals surface area contributed by atoms with Crippen molar-refractivity contribution in [2.75, 3.05) is 7.11 Å². The molecule has 7 heteroatoms. The van der Waals surface area contributed by atoms with Gasteiger partial charge in [0.1, 0.15) is 11.3 Å². The van der Waals surface area contributed by atoms with Crippen molar-refractivity contribution in [1.82, 2.24) is 15.4 Å². The summed E-state index contributed by atoms with van der Waals surface area (Å²) in [6, 6.07) is 6.61. The highest BCUT2D eigenvalue weighted by atomic mass is 79.9. The molecule has 0 aromatic carbocycles. The Bertz CT molecular complexity index is 669. The minimum absolute atomic E-state index is 0.0300. The number of hydrogen-bond donors (Lipinski definition) is 2. The van der Waals surface area contributed by atoms with Gasteiger partial charge in [-0.1, -0.05) is 0 Å². The molecule has 2 N–H and O–H groups in total. The summed E-state index contributed by atoms with van der Waals surface area (Å²) in [6.07, 6.45) is 1.62. The number of halogens is 1. The van der Waals surface area contributed by atoms with E-state index in [2.05, 4.69) is 36.2 Å². The summed E-state index contributed by atoms with van der Waals surface area (Å²) in [4.78, 5) is 34.6. The van der Waals surface area contributed by atoms with Crippen molar-refractivity contribution in [2.45, 2.75) is 0 Å². The SMILES string of the molecule is CONC(=O)c1ccc(-c2ncccc2Br)[nH]c1=O.